The molecule has 0 bridgehead atoms. The Kier molecular flexibility index (Phi) is 3.78. The molecule has 0 fully saturated rings. The molecule has 1 heterocycles. The Bertz CT molecular complexity index is 799. The summed E-state index contributed by atoms with van der Waals surface area (Å²) >= 11 is 10.9. The van der Waals surface area contributed by atoms with Gasteiger partial charge in [0.2, 0.25) is 0 Å². The van der Waals surface area contributed by atoms with Crippen LogP contribution in [0.25, 0.3) is 10.1 Å². The zero-order chi connectivity index (χ0) is 14.1. The van der Waals surface area contributed by atoms with Gasteiger partial charge in [-0.3, -0.25) is 4.79 Å². The van der Waals surface area contributed by atoms with Crippen LogP contribution >= 0.6 is 38.9 Å². The van der Waals surface area contributed by atoms with Crippen molar-refractivity contribution in [1.29, 1.82) is 0 Å². The quantitative estimate of drug-likeness (QED) is 0.631. The second kappa shape index (κ2) is 5.56. The molecule has 3 rings (SSSR count). The number of rotatable bonds is 2. The Hall–Kier alpha value is -1.36. The van der Waals surface area contributed by atoms with E-state index in [1.807, 2.05) is 30.3 Å². The first kappa shape index (κ1) is 13.6. The molecule has 0 spiro atoms. The van der Waals surface area contributed by atoms with Crippen molar-refractivity contribution >= 4 is 60.5 Å². The van der Waals surface area contributed by atoms with Crippen molar-refractivity contribution in [2.24, 2.45) is 0 Å². The lowest BCUT2D eigenvalue weighted by atomic mass is 10.2. The van der Waals surface area contributed by atoms with Gasteiger partial charge in [0.25, 0.3) is 5.91 Å². The van der Waals surface area contributed by atoms with Crippen LogP contribution in [0.3, 0.4) is 0 Å². The fourth-order valence-corrected chi connectivity index (χ4v) is 3.99. The summed E-state index contributed by atoms with van der Waals surface area (Å²) in [6.07, 6.45) is 0. The standard InChI is InChI=1S/C15H9BrClNOS/c16-13-11-6-1-2-7-12(11)20-14(13)15(19)18-10-5-3-4-9(17)8-10/h1-8H,(H,18,19). The summed E-state index contributed by atoms with van der Waals surface area (Å²) < 4.78 is 1.91. The minimum atomic E-state index is -0.139. The largest absolute Gasteiger partial charge is 0.321 e. The van der Waals surface area contributed by atoms with Crippen molar-refractivity contribution in [2.45, 2.75) is 0 Å². The summed E-state index contributed by atoms with van der Waals surface area (Å²) in [5.74, 6) is -0.139. The maximum absolute atomic E-state index is 12.3. The average molecular weight is 367 g/mol. The summed E-state index contributed by atoms with van der Waals surface area (Å²) in [4.78, 5) is 13.0. The van der Waals surface area contributed by atoms with E-state index >= 15 is 0 Å². The third-order valence-electron chi connectivity index (χ3n) is 2.82. The van der Waals surface area contributed by atoms with Crippen LogP contribution in [0.1, 0.15) is 9.67 Å². The lowest BCUT2D eigenvalue weighted by Gasteiger charge is -2.04. The Morgan fingerprint density at radius 2 is 1.95 bits per heavy atom. The first-order valence-corrected chi connectivity index (χ1v) is 7.88. The van der Waals surface area contributed by atoms with Crippen LogP contribution in [0.15, 0.2) is 53.0 Å². The van der Waals surface area contributed by atoms with Gasteiger partial charge >= 0.3 is 0 Å². The van der Waals surface area contributed by atoms with Crippen molar-refractivity contribution in [1.82, 2.24) is 0 Å². The molecule has 1 aromatic heterocycles. The summed E-state index contributed by atoms with van der Waals surface area (Å²) in [7, 11) is 0. The lowest BCUT2D eigenvalue weighted by Crippen LogP contribution is -2.10. The van der Waals surface area contributed by atoms with Crippen molar-refractivity contribution in [2.75, 3.05) is 5.32 Å². The van der Waals surface area contributed by atoms with Crippen molar-refractivity contribution in [3.05, 3.63) is 62.9 Å². The number of hydrogen-bond donors (Lipinski definition) is 1. The zero-order valence-corrected chi connectivity index (χ0v) is 13.3. The van der Waals surface area contributed by atoms with Crippen molar-refractivity contribution in [3.63, 3.8) is 0 Å². The number of carbonyl (C=O) groups excluding carboxylic acids is 1. The second-order valence-corrected chi connectivity index (χ2v) is 6.49. The summed E-state index contributed by atoms with van der Waals surface area (Å²) in [5.41, 5.74) is 0.687. The molecule has 20 heavy (non-hydrogen) atoms. The summed E-state index contributed by atoms with van der Waals surface area (Å²) in [6.45, 7) is 0. The topological polar surface area (TPSA) is 29.1 Å². The molecular formula is C15H9BrClNOS. The molecule has 5 heteroatoms. The van der Waals surface area contributed by atoms with Gasteiger partial charge in [-0.15, -0.1) is 11.3 Å². The smallest absolute Gasteiger partial charge is 0.266 e. The molecule has 0 aliphatic carbocycles. The van der Waals surface area contributed by atoms with E-state index in [4.69, 9.17) is 11.6 Å². The van der Waals surface area contributed by atoms with Crippen LogP contribution in [0.5, 0.6) is 0 Å². The molecule has 0 unspecified atom stereocenters. The Balaban J connectivity index is 1.95. The molecular weight excluding hydrogens is 358 g/mol. The maximum atomic E-state index is 12.3. The third-order valence-corrected chi connectivity index (χ3v) is 5.31. The number of nitrogens with one attached hydrogen (secondary N) is 1. The maximum Gasteiger partial charge on any atom is 0.266 e. The van der Waals surface area contributed by atoms with E-state index in [0.717, 1.165) is 14.6 Å². The number of halogens is 2. The van der Waals surface area contributed by atoms with Crippen LogP contribution in [-0.2, 0) is 0 Å². The first-order valence-electron chi connectivity index (χ1n) is 5.89. The SMILES string of the molecule is O=C(Nc1cccc(Cl)c1)c1sc2ccccc2c1Br. The predicted molar refractivity (Wildman–Crippen MR) is 88.9 cm³/mol. The van der Waals surface area contributed by atoms with Gasteiger partial charge in [-0.25, -0.2) is 0 Å². The van der Waals surface area contributed by atoms with E-state index < -0.39 is 0 Å². The number of fused-ring (bicyclic) bond motifs is 1. The monoisotopic (exact) mass is 365 g/mol. The van der Waals surface area contributed by atoms with E-state index in [-0.39, 0.29) is 5.91 Å². The fraction of sp³-hybridized carbons (Fsp3) is 0. The molecule has 0 aliphatic heterocycles. The van der Waals surface area contributed by atoms with Gasteiger partial charge in [0.05, 0.1) is 0 Å². The summed E-state index contributed by atoms with van der Waals surface area (Å²) in [5, 5.41) is 4.50. The number of anilines is 1. The molecule has 0 atom stereocenters. The van der Waals surface area contributed by atoms with Crippen LogP contribution in [-0.4, -0.2) is 5.91 Å². The van der Waals surface area contributed by atoms with Gasteiger partial charge < -0.3 is 5.32 Å². The molecule has 2 nitrogen and oxygen atoms in total. The summed E-state index contributed by atoms with van der Waals surface area (Å²) in [6, 6.07) is 15.0. The molecule has 3 aromatic rings. The molecule has 0 aliphatic rings. The van der Waals surface area contributed by atoms with Gasteiger partial charge in [0.15, 0.2) is 0 Å². The highest BCUT2D eigenvalue weighted by Crippen LogP contribution is 2.35. The van der Waals surface area contributed by atoms with E-state index in [1.165, 1.54) is 11.3 Å². The van der Waals surface area contributed by atoms with Gasteiger partial charge in [0.1, 0.15) is 4.88 Å². The molecule has 100 valence electrons. The minimum Gasteiger partial charge on any atom is -0.321 e. The number of amides is 1. The number of benzene rings is 2. The molecule has 0 saturated carbocycles. The minimum absolute atomic E-state index is 0.139. The predicted octanol–water partition coefficient (Wildman–Crippen LogP) is 5.57. The Morgan fingerprint density at radius 1 is 1.15 bits per heavy atom. The first-order chi connectivity index (χ1) is 9.65. The molecule has 1 N–H and O–H groups in total. The average Bonchev–Trinajstić information content (AvgIpc) is 2.77. The van der Waals surface area contributed by atoms with E-state index in [0.29, 0.717) is 15.6 Å². The number of hydrogen-bond acceptors (Lipinski definition) is 2. The zero-order valence-electron chi connectivity index (χ0n) is 10.2. The molecule has 0 saturated heterocycles. The molecule has 2 aromatic carbocycles. The van der Waals surface area contributed by atoms with Crippen molar-refractivity contribution < 1.29 is 4.79 Å². The third kappa shape index (κ3) is 2.59. The van der Waals surface area contributed by atoms with Crippen LogP contribution < -0.4 is 5.32 Å². The van der Waals surface area contributed by atoms with Crippen LogP contribution in [0.4, 0.5) is 5.69 Å². The molecule has 0 radical (unpaired) electrons. The highest BCUT2D eigenvalue weighted by molar-refractivity contribution is 9.10. The van der Waals surface area contributed by atoms with E-state index in [2.05, 4.69) is 21.2 Å². The fourth-order valence-electron chi connectivity index (χ4n) is 1.91. The lowest BCUT2D eigenvalue weighted by molar-refractivity contribution is 0.103. The van der Waals surface area contributed by atoms with E-state index in [1.54, 1.807) is 18.2 Å². The van der Waals surface area contributed by atoms with Gasteiger partial charge in [0, 0.05) is 25.3 Å². The number of thiophene rings is 1. The highest BCUT2D eigenvalue weighted by atomic mass is 79.9. The van der Waals surface area contributed by atoms with Gasteiger partial charge in [-0.1, -0.05) is 35.9 Å². The van der Waals surface area contributed by atoms with Crippen LogP contribution in [0.2, 0.25) is 5.02 Å². The van der Waals surface area contributed by atoms with Gasteiger partial charge in [-0.05, 0) is 40.2 Å². The van der Waals surface area contributed by atoms with Gasteiger partial charge in [-0.2, -0.15) is 0 Å². The Labute approximate surface area is 133 Å². The second-order valence-electron chi connectivity index (χ2n) is 4.21. The van der Waals surface area contributed by atoms with E-state index in [9.17, 15) is 4.79 Å². The van der Waals surface area contributed by atoms with Crippen LogP contribution in [0, 0.1) is 0 Å². The number of carbonyl (C=O) groups is 1. The highest BCUT2D eigenvalue weighted by Gasteiger charge is 2.16. The molecule has 1 amide bonds. The Morgan fingerprint density at radius 3 is 2.70 bits per heavy atom. The van der Waals surface area contributed by atoms with Crippen molar-refractivity contribution in [3.8, 4) is 0 Å². The normalized spacial score (nSPS) is 10.7.